The maximum Gasteiger partial charge on any atom is 0.232 e. The normalized spacial score (nSPS) is 16.1. The number of anilines is 1. The summed E-state index contributed by atoms with van der Waals surface area (Å²) < 4.78 is 71.2. The van der Waals surface area contributed by atoms with E-state index < -0.39 is 19.9 Å². The van der Waals surface area contributed by atoms with Gasteiger partial charge in [0.25, 0.3) is 0 Å². The smallest absolute Gasteiger partial charge is 0.232 e. The highest BCUT2D eigenvalue weighted by atomic mass is 32.2. The zero-order valence-corrected chi connectivity index (χ0v) is 22.9. The number of sulfonamides is 1. The van der Waals surface area contributed by atoms with Crippen molar-refractivity contribution in [2.24, 2.45) is 5.16 Å². The van der Waals surface area contributed by atoms with Gasteiger partial charge in [-0.3, -0.25) is 4.31 Å². The Hall–Kier alpha value is -3.12. The van der Waals surface area contributed by atoms with Crippen molar-refractivity contribution in [1.29, 1.82) is 0 Å². The first kappa shape index (κ1) is 26.5. The Morgan fingerprint density at radius 2 is 1.87 bits per heavy atom. The largest absolute Gasteiger partial charge is 0.455 e. The van der Waals surface area contributed by atoms with Crippen LogP contribution in [0.25, 0.3) is 22.3 Å². The van der Waals surface area contributed by atoms with E-state index in [1.807, 2.05) is 6.07 Å². The summed E-state index contributed by atoms with van der Waals surface area (Å²) in [5.41, 5.74) is 3.05. The summed E-state index contributed by atoms with van der Waals surface area (Å²) in [5.74, 6) is 0.641. The Balaban J connectivity index is 1.67. The molecule has 9 nitrogen and oxygen atoms in total. The molecule has 0 amide bonds. The van der Waals surface area contributed by atoms with Crippen LogP contribution in [0, 0.1) is 5.82 Å². The molecule has 38 heavy (non-hydrogen) atoms. The molecule has 0 radical (unpaired) electrons. The third-order valence-electron chi connectivity index (χ3n) is 6.76. The molecule has 2 aromatic carbocycles. The molecule has 1 aliphatic heterocycles. The Labute approximate surface area is 221 Å². The van der Waals surface area contributed by atoms with Crippen LogP contribution in [-0.4, -0.2) is 60.1 Å². The van der Waals surface area contributed by atoms with Crippen molar-refractivity contribution >= 4 is 42.4 Å². The lowest BCUT2D eigenvalue weighted by molar-refractivity contribution is 0.136. The average Bonchev–Trinajstić information content (AvgIpc) is 3.66. The Bertz CT molecular complexity index is 1590. The van der Waals surface area contributed by atoms with Crippen LogP contribution < -0.4 is 9.62 Å². The van der Waals surface area contributed by atoms with Gasteiger partial charge in [0, 0.05) is 29.3 Å². The van der Waals surface area contributed by atoms with Crippen LogP contribution in [0.1, 0.15) is 43.2 Å². The average molecular weight is 564 g/mol. The number of hydrogen-bond donors (Lipinski definition) is 1. The number of fused-ring (bicyclic) bond motifs is 1. The second-order valence-electron chi connectivity index (χ2n) is 9.62. The van der Waals surface area contributed by atoms with Crippen molar-refractivity contribution < 1.29 is 30.5 Å². The lowest BCUT2D eigenvalue weighted by atomic mass is 10.00. The molecule has 1 aliphatic carbocycles. The van der Waals surface area contributed by atoms with Crippen LogP contribution in [0.2, 0.25) is 0 Å². The van der Waals surface area contributed by atoms with Gasteiger partial charge < -0.3 is 14.6 Å². The fourth-order valence-electron chi connectivity index (χ4n) is 4.65. The molecule has 0 spiro atoms. The van der Waals surface area contributed by atoms with Crippen molar-refractivity contribution in [3.63, 3.8) is 0 Å². The van der Waals surface area contributed by atoms with E-state index in [2.05, 4.69) is 10.5 Å². The maximum atomic E-state index is 13.7. The highest BCUT2D eigenvalue weighted by molar-refractivity contribution is 7.92. The monoisotopic (exact) mass is 563 g/mol. The van der Waals surface area contributed by atoms with Crippen molar-refractivity contribution in [3.8, 4) is 11.3 Å². The molecular weight excluding hydrogens is 533 g/mol. The second-order valence-corrected chi connectivity index (χ2v) is 14.0. The molecule has 0 saturated heterocycles. The third-order valence-corrected chi connectivity index (χ3v) is 9.73. The first-order valence-electron chi connectivity index (χ1n) is 12.6. The van der Waals surface area contributed by atoms with Crippen LogP contribution >= 0.6 is 0 Å². The summed E-state index contributed by atoms with van der Waals surface area (Å²) in [7, 11) is -6.96. The second kappa shape index (κ2) is 10.2. The van der Waals surface area contributed by atoms with Gasteiger partial charge in [0.2, 0.25) is 10.0 Å². The van der Waals surface area contributed by atoms with Gasteiger partial charge in [-0.05, 0) is 61.1 Å². The number of hydrogen-bond acceptors (Lipinski definition) is 8. The first-order valence-corrected chi connectivity index (χ1v) is 16.2. The lowest BCUT2D eigenvalue weighted by Gasteiger charge is -2.25. The van der Waals surface area contributed by atoms with E-state index in [4.69, 9.17) is 9.25 Å². The molecule has 2 heterocycles. The van der Waals surface area contributed by atoms with Gasteiger partial charge in [0.1, 0.15) is 33.6 Å². The molecule has 5 rings (SSSR count). The van der Waals surface area contributed by atoms with E-state index in [1.165, 1.54) is 16.4 Å². The van der Waals surface area contributed by atoms with Gasteiger partial charge in [-0.2, -0.15) is 0 Å². The summed E-state index contributed by atoms with van der Waals surface area (Å²) in [4.78, 5) is 5.33. The Morgan fingerprint density at radius 3 is 2.47 bits per heavy atom. The molecular formula is C26H30FN3O6S2. The van der Waals surface area contributed by atoms with Crippen molar-refractivity contribution in [2.45, 2.75) is 32.1 Å². The van der Waals surface area contributed by atoms with Crippen molar-refractivity contribution in [2.75, 3.05) is 41.8 Å². The number of furan rings is 1. The van der Waals surface area contributed by atoms with Gasteiger partial charge in [-0.1, -0.05) is 12.1 Å². The minimum absolute atomic E-state index is 0.00806. The maximum absolute atomic E-state index is 13.7. The summed E-state index contributed by atoms with van der Waals surface area (Å²) in [6.07, 6.45) is 3.13. The summed E-state index contributed by atoms with van der Waals surface area (Å²) >= 11 is 0. The quantitative estimate of drug-likeness (QED) is 0.396. The molecule has 1 N–H and O–H groups in total. The number of sulfone groups is 1. The zero-order valence-electron chi connectivity index (χ0n) is 21.2. The number of benzene rings is 2. The topological polar surface area (TPSA) is 118 Å². The van der Waals surface area contributed by atoms with E-state index >= 15 is 0 Å². The van der Waals surface area contributed by atoms with Crippen LogP contribution in [0.15, 0.2) is 46.0 Å². The van der Waals surface area contributed by atoms with Gasteiger partial charge in [-0.25, -0.2) is 21.2 Å². The van der Waals surface area contributed by atoms with Crippen LogP contribution in [0.3, 0.4) is 0 Å². The van der Waals surface area contributed by atoms with E-state index in [0.29, 0.717) is 47.1 Å². The fraction of sp³-hybridized carbons (Fsp3) is 0.423. The van der Waals surface area contributed by atoms with Crippen molar-refractivity contribution in [1.82, 2.24) is 5.32 Å². The SMILES string of the molecule is CCS(=O)(=O)CCCN(c1cc2oc(-c3ccc(F)cc3)c(C3=NOCCN3)c2cc1C1CC1)S(C)(=O)=O. The van der Waals surface area contributed by atoms with E-state index in [9.17, 15) is 21.2 Å². The number of nitrogens with zero attached hydrogens (tertiary/aromatic N) is 2. The third kappa shape index (κ3) is 5.51. The number of amidine groups is 1. The molecule has 1 fully saturated rings. The highest BCUT2D eigenvalue weighted by Gasteiger charge is 2.33. The fourth-order valence-corrected chi connectivity index (χ4v) is 6.49. The minimum atomic E-state index is -3.72. The van der Waals surface area contributed by atoms with E-state index in [-0.39, 0.29) is 36.2 Å². The predicted molar refractivity (Wildman–Crippen MR) is 145 cm³/mol. The summed E-state index contributed by atoms with van der Waals surface area (Å²) in [6.45, 7) is 2.57. The van der Waals surface area contributed by atoms with Gasteiger partial charge in [0.05, 0.1) is 29.8 Å². The van der Waals surface area contributed by atoms with Crippen LogP contribution in [0.4, 0.5) is 10.1 Å². The molecule has 0 unspecified atom stereocenters. The molecule has 1 aromatic heterocycles. The molecule has 3 aromatic rings. The van der Waals surface area contributed by atoms with E-state index in [1.54, 1.807) is 25.1 Å². The summed E-state index contributed by atoms with van der Waals surface area (Å²) in [5, 5.41) is 8.16. The number of oxime groups is 1. The molecule has 0 atom stereocenters. The highest BCUT2D eigenvalue weighted by Crippen LogP contribution is 2.48. The van der Waals surface area contributed by atoms with Crippen LogP contribution in [-0.2, 0) is 24.7 Å². The number of rotatable bonds is 10. The van der Waals surface area contributed by atoms with Crippen LogP contribution in [0.5, 0.6) is 0 Å². The standard InChI is InChI=1S/C26H30FN3O6S2/c1-3-38(33,34)14-4-12-30(37(2,31)32)22-16-23-21(15-20(22)17-5-6-17)24(26-28-11-13-35-29-26)25(36-23)18-7-9-19(27)10-8-18/h7-10,15-17H,3-6,11-14H2,1-2H3,(H,28,29). The predicted octanol–water partition coefficient (Wildman–Crippen LogP) is 3.99. The zero-order chi connectivity index (χ0) is 27.1. The van der Waals surface area contributed by atoms with Crippen molar-refractivity contribution in [3.05, 3.63) is 53.3 Å². The van der Waals surface area contributed by atoms with Gasteiger partial charge >= 0.3 is 0 Å². The number of halogens is 1. The number of nitrogens with one attached hydrogen (secondary N) is 1. The lowest BCUT2D eigenvalue weighted by Crippen LogP contribution is -2.33. The molecule has 204 valence electrons. The van der Waals surface area contributed by atoms with Gasteiger partial charge in [0.15, 0.2) is 5.84 Å². The Morgan fingerprint density at radius 1 is 1.13 bits per heavy atom. The molecule has 12 heteroatoms. The van der Waals surface area contributed by atoms with Gasteiger partial charge in [-0.15, -0.1) is 0 Å². The Kier molecular flexibility index (Phi) is 7.12. The minimum Gasteiger partial charge on any atom is -0.455 e. The molecule has 2 aliphatic rings. The first-order chi connectivity index (χ1) is 18.1. The molecule has 0 bridgehead atoms. The summed E-state index contributed by atoms with van der Waals surface area (Å²) in [6, 6.07) is 9.56. The van der Waals surface area contributed by atoms with E-state index in [0.717, 1.165) is 30.0 Å². The molecule has 1 saturated carbocycles.